The lowest BCUT2D eigenvalue weighted by molar-refractivity contribution is -0.137. The van der Waals surface area contributed by atoms with Crippen molar-refractivity contribution in [2.24, 2.45) is 5.73 Å². The van der Waals surface area contributed by atoms with Crippen LogP contribution in [0.2, 0.25) is 0 Å². The number of nitrogens with two attached hydrogens (primary N) is 1. The Hall–Kier alpha value is -4.58. The van der Waals surface area contributed by atoms with Crippen LogP contribution in [0.15, 0.2) is 78.5 Å². The van der Waals surface area contributed by atoms with Crippen molar-refractivity contribution in [3.8, 4) is 17.2 Å². The molecule has 3 aromatic carbocycles. The Bertz CT molecular complexity index is 1410. The summed E-state index contributed by atoms with van der Waals surface area (Å²) in [5.74, 6) is -0.744. The minimum atomic E-state index is -4.59. The molecule has 6 nitrogen and oxygen atoms in total. The van der Waals surface area contributed by atoms with Crippen LogP contribution in [0.4, 0.5) is 23.7 Å². The summed E-state index contributed by atoms with van der Waals surface area (Å²) in [7, 11) is 0. The van der Waals surface area contributed by atoms with Crippen LogP contribution < -0.4 is 10.6 Å². The normalized spacial score (nSPS) is 14.1. The second kappa shape index (κ2) is 9.58. The molecular formula is C27H21F3N4O2. The second-order valence-electron chi connectivity index (χ2n) is 8.29. The molecule has 3 amide bonds. The molecule has 2 N–H and O–H groups in total. The van der Waals surface area contributed by atoms with E-state index < -0.39 is 30.2 Å². The molecule has 4 rings (SSSR count). The van der Waals surface area contributed by atoms with E-state index in [1.807, 2.05) is 24.3 Å². The van der Waals surface area contributed by atoms with E-state index >= 15 is 0 Å². The van der Waals surface area contributed by atoms with E-state index in [-0.39, 0.29) is 12.2 Å². The van der Waals surface area contributed by atoms with E-state index in [1.54, 1.807) is 31.2 Å². The highest BCUT2D eigenvalue weighted by Gasteiger charge is 2.36. The number of primary amides is 1. The number of carbonyl (C=O) groups excluding carboxylic acids is 2. The maximum absolute atomic E-state index is 13.4. The number of alkyl halides is 3. The van der Waals surface area contributed by atoms with Crippen molar-refractivity contribution in [3.05, 3.63) is 95.2 Å². The van der Waals surface area contributed by atoms with Gasteiger partial charge in [0.05, 0.1) is 29.4 Å². The highest BCUT2D eigenvalue weighted by molar-refractivity contribution is 6.03. The Morgan fingerprint density at radius 2 is 1.69 bits per heavy atom. The number of nitriles is 1. The highest BCUT2D eigenvalue weighted by atomic mass is 19.4. The van der Waals surface area contributed by atoms with Crippen LogP contribution in [0.5, 0.6) is 0 Å². The van der Waals surface area contributed by atoms with Crippen LogP contribution in [-0.2, 0) is 11.0 Å². The van der Waals surface area contributed by atoms with Gasteiger partial charge in [-0.1, -0.05) is 42.5 Å². The zero-order chi connectivity index (χ0) is 26.0. The third kappa shape index (κ3) is 4.79. The maximum Gasteiger partial charge on any atom is 0.416 e. The van der Waals surface area contributed by atoms with E-state index in [4.69, 9.17) is 11.0 Å². The van der Waals surface area contributed by atoms with Gasteiger partial charge in [-0.2, -0.15) is 18.4 Å². The van der Waals surface area contributed by atoms with Gasteiger partial charge in [-0.15, -0.1) is 0 Å². The molecule has 0 unspecified atom stereocenters. The van der Waals surface area contributed by atoms with Crippen molar-refractivity contribution in [2.75, 3.05) is 18.0 Å². The average molecular weight is 490 g/mol. The number of hydrogen-bond acceptors (Lipinski definition) is 3. The third-order valence-corrected chi connectivity index (χ3v) is 5.94. The smallest absolute Gasteiger partial charge is 0.368 e. The Balaban J connectivity index is 1.89. The molecule has 3 aromatic rings. The Kier molecular flexibility index (Phi) is 6.53. The van der Waals surface area contributed by atoms with Crippen molar-refractivity contribution in [2.45, 2.75) is 13.1 Å². The largest absolute Gasteiger partial charge is 0.416 e. The van der Waals surface area contributed by atoms with Crippen molar-refractivity contribution < 1.29 is 22.8 Å². The number of carbonyl (C=O) groups is 2. The molecule has 36 heavy (non-hydrogen) atoms. The molecule has 1 heterocycles. The van der Waals surface area contributed by atoms with Gasteiger partial charge in [0, 0.05) is 5.70 Å². The summed E-state index contributed by atoms with van der Waals surface area (Å²) >= 11 is 0. The Labute approximate surface area is 205 Å². The van der Waals surface area contributed by atoms with Crippen molar-refractivity contribution in [1.29, 1.82) is 5.26 Å². The number of amides is 3. The molecule has 0 saturated carbocycles. The van der Waals surface area contributed by atoms with Crippen molar-refractivity contribution in [1.82, 2.24) is 4.90 Å². The predicted molar refractivity (Wildman–Crippen MR) is 129 cm³/mol. The summed E-state index contributed by atoms with van der Waals surface area (Å²) < 4.78 is 40.2. The van der Waals surface area contributed by atoms with Gasteiger partial charge in [-0.3, -0.25) is 9.69 Å². The molecule has 1 aliphatic heterocycles. The lowest BCUT2D eigenvalue weighted by Gasteiger charge is -2.38. The summed E-state index contributed by atoms with van der Waals surface area (Å²) in [6.07, 6.45) is -4.59. The molecule has 0 saturated heterocycles. The van der Waals surface area contributed by atoms with Crippen LogP contribution in [0.25, 0.3) is 16.7 Å². The molecule has 1 aliphatic rings. The molecule has 0 aromatic heterocycles. The predicted octanol–water partition coefficient (Wildman–Crippen LogP) is 5.40. The van der Waals surface area contributed by atoms with Gasteiger partial charge in [-0.25, -0.2) is 4.79 Å². The summed E-state index contributed by atoms with van der Waals surface area (Å²) in [6.45, 7) is 1.30. The first kappa shape index (κ1) is 24.5. The van der Waals surface area contributed by atoms with E-state index in [1.165, 1.54) is 21.9 Å². The topological polar surface area (TPSA) is 90.4 Å². The Morgan fingerprint density at radius 3 is 2.31 bits per heavy atom. The standard InChI is InChI=1S/C27H21F3N4O2/c1-17-24(23-8-3-2-7-22(23)19-11-9-18(14-31)10-12-19)15-33(16-25(32)35)26(36)34(17)21-6-4-5-20(13-21)27(28,29)30/h2-13H,15-16H2,1H3,(H2,32,35). The summed E-state index contributed by atoms with van der Waals surface area (Å²) in [4.78, 5) is 27.4. The molecule has 0 radical (unpaired) electrons. The Morgan fingerprint density at radius 1 is 1.03 bits per heavy atom. The quantitative estimate of drug-likeness (QED) is 0.519. The first-order valence-electron chi connectivity index (χ1n) is 10.9. The first-order valence-corrected chi connectivity index (χ1v) is 10.9. The van der Waals surface area contributed by atoms with Crippen LogP contribution in [0.1, 0.15) is 23.6 Å². The molecular weight excluding hydrogens is 469 g/mol. The van der Waals surface area contributed by atoms with Crippen molar-refractivity contribution >= 4 is 23.2 Å². The first-order chi connectivity index (χ1) is 17.1. The minimum Gasteiger partial charge on any atom is -0.368 e. The van der Waals surface area contributed by atoms with Crippen LogP contribution >= 0.6 is 0 Å². The number of allylic oxidation sites excluding steroid dienone is 1. The average Bonchev–Trinajstić information content (AvgIpc) is 2.85. The lowest BCUT2D eigenvalue weighted by Crippen LogP contribution is -2.50. The maximum atomic E-state index is 13.4. The molecule has 182 valence electrons. The van der Waals surface area contributed by atoms with Crippen LogP contribution in [0, 0.1) is 11.3 Å². The van der Waals surface area contributed by atoms with Gasteiger partial charge in [0.15, 0.2) is 0 Å². The monoisotopic (exact) mass is 490 g/mol. The number of anilines is 1. The number of halogens is 3. The number of rotatable bonds is 5. The zero-order valence-corrected chi connectivity index (χ0v) is 19.2. The fraction of sp³-hybridized carbons (Fsp3) is 0.148. The van der Waals surface area contributed by atoms with Crippen molar-refractivity contribution in [3.63, 3.8) is 0 Å². The molecule has 9 heteroatoms. The molecule has 0 atom stereocenters. The fourth-order valence-electron chi connectivity index (χ4n) is 4.23. The van der Waals surface area contributed by atoms with E-state index in [0.29, 0.717) is 16.8 Å². The lowest BCUT2D eigenvalue weighted by atomic mass is 9.91. The molecule has 0 aliphatic carbocycles. The second-order valence-corrected chi connectivity index (χ2v) is 8.29. The number of benzene rings is 3. The molecule has 0 spiro atoms. The van der Waals surface area contributed by atoms with Crippen LogP contribution in [-0.4, -0.2) is 29.9 Å². The molecule has 0 fully saturated rings. The van der Waals surface area contributed by atoms with Gasteiger partial charge < -0.3 is 10.6 Å². The molecule has 0 bridgehead atoms. The minimum absolute atomic E-state index is 0.0230. The number of nitrogens with zero attached hydrogens (tertiary/aromatic N) is 3. The fourth-order valence-corrected chi connectivity index (χ4v) is 4.23. The number of urea groups is 1. The zero-order valence-electron chi connectivity index (χ0n) is 19.2. The van der Waals surface area contributed by atoms with Gasteiger partial charge in [-0.05, 0) is 59.5 Å². The van der Waals surface area contributed by atoms with Gasteiger partial charge in [0.2, 0.25) is 5.91 Å². The third-order valence-electron chi connectivity index (χ3n) is 5.94. The summed E-state index contributed by atoms with van der Waals surface area (Å²) in [5.41, 5.74) is 8.43. The van der Waals surface area contributed by atoms with E-state index in [0.717, 1.165) is 28.8 Å². The number of hydrogen-bond donors (Lipinski definition) is 1. The summed E-state index contributed by atoms with van der Waals surface area (Å²) in [5, 5.41) is 9.12. The summed E-state index contributed by atoms with van der Waals surface area (Å²) in [6, 6.07) is 20.2. The van der Waals surface area contributed by atoms with E-state index in [9.17, 15) is 22.8 Å². The van der Waals surface area contributed by atoms with Crippen LogP contribution in [0.3, 0.4) is 0 Å². The van der Waals surface area contributed by atoms with Gasteiger partial charge in [0.1, 0.15) is 6.54 Å². The van der Waals surface area contributed by atoms with Gasteiger partial charge >= 0.3 is 12.2 Å². The van der Waals surface area contributed by atoms with E-state index in [2.05, 4.69) is 6.07 Å². The SMILES string of the molecule is CC1=C(c2ccccc2-c2ccc(C#N)cc2)CN(CC(N)=O)C(=O)N1c1cccc(C(F)(F)F)c1. The van der Waals surface area contributed by atoms with Gasteiger partial charge in [0.25, 0.3) is 0 Å². The highest BCUT2D eigenvalue weighted by Crippen LogP contribution is 2.38.